The zero-order valence-electron chi connectivity index (χ0n) is 12.6. The molecule has 110 valence electrons. The quantitative estimate of drug-likeness (QED) is 0.870. The Hall–Kier alpha value is -2.13. The van der Waals surface area contributed by atoms with Gasteiger partial charge in [-0.05, 0) is 49.6 Å². The van der Waals surface area contributed by atoms with Gasteiger partial charge >= 0.3 is 5.97 Å². The number of hydrogen-bond donors (Lipinski definition) is 1. The number of carbonyl (C=O) groups excluding carboxylic acids is 1. The van der Waals surface area contributed by atoms with Gasteiger partial charge in [-0.1, -0.05) is 36.4 Å². The lowest BCUT2D eigenvalue weighted by atomic mass is 9.95. The number of esters is 1. The fourth-order valence-electron chi connectivity index (χ4n) is 2.08. The summed E-state index contributed by atoms with van der Waals surface area (Å²) in [5, 5.41) is 9.95. The van der Waals surface area contributed by atoms with Crippen LogP contribution in [0.1, 0.15) is 36.7 Å². The number of benzene rings is 2. The minimum atomic E-state index is -0.841. The molecule has 0 bridgehead atoms. The normalized spacial score (nSPS) is 11.2. The van der Waals surface area contributed by atoms with Crippen molar-refractivity contribution in [3.63, 3.8) is 0 Å². The predicted molar refractivity (Wildman–Crippen MR) is 83.1 cm³/mol. The molecule has 0 aliphatic carbocycles. The Balaban J connectivity index is 2.21. The highest BCUT2D eigenvalue weighted by Gasteiger charge is 2.15. The molecule has 3 heteroatoms. The van der Waals surface area contributed by atoms with Crippen molar-refractivity contribution in [2.75, 3.05) is 6.61 Å². The van der Waals surface area contributed by atoms with E-state index in [9.17, 15) is 9.90 Å². The first kappa shape index (κ1) is 15.3. The summed E-state index contributed by atoms with van der Waals surface area (Å²) in [6, 6.07) is 15.1. The fourth-order valence-corrected chi connectivity index (χ4v) is 2.08. The van der Waals surface area contributed by atoms with Gasteiger partial charge in [-0.3, -0.25) is 0 Å². The van der Waals surface area contributed by atoms with Crippen LogP contribution in [0.25, 0.3) is 11.1 Å². The molecule has 0 radical (unpaired) electrons. The summed E-state index contributed by atoms with van der Waals surface area (Å²) >= 11 is 0. The molecule has 0 aliphatic heterocycles. The second-order valence-electron chi connectivity index (χ2n) is 5.43. The monoisotopic (exact) mass is 284 g/mol. The van der Waals surface area contributed by atoms with Gasteiger partial charge in [-0.25, -0.2) is 4.79 Å². The zero-order valence-corrected chi connectivity index (χ0v) is 12.6. The minimum absolute atomic E-state index is 0.304. The molecule has 2 aromatic rings. The molecular formula is C18H20O3. The minimum Gasteiger partial charge on any atom is -0.462 e. The molecule has 0 aromatic heterocycles. The topological polar surface area (TPSA) is 46.5 Å². The van der Waals surface area contributed by atoms with Crippen LogP contribution in [0.4, 0.5) is 0 Å². The van der Waals surface area contributed by atoms with Gasteiger partial charge in [0.2, 0.25) is 0 Å². The Bertz CT molecular complexity index is 604. The second-order valence-corrected chi connectivity index (χ2v) is 5.43. The summed E-state index contributed by atoms with van der Waals surface area (Å²) in [5.74, 6) is -0.304. The lowest BCUT2D eigenvalue weighted by Crippen LogP contribution is -2.14. The molecule has 0 heterocycles. The molecule has 0 aliphatic rings. The van der Waals surface area contributed by atoms with E-state index < -0.39 is 5.60 Å². The van der Waals surface area contributed by atoms with E-state index in [0.29, 0.717) is 12.2 Å². The zero-order chi connectivity index (χ0) is 15.5. The van der Waals surface area contributed by atoms with Gasteiger partial charge in [-0.15, -0.1) is 0 Å². The van der Waals surface area contributed by atoms with E-state index in [0.717, 1.165) is 16.7 Å². The van der Waals surface area contributed by atoms with Crippen molar-refractivity contribution in [1.82, 2.24) is 0 Å². The molecule has 1 N–H and O–H groups in total. The van der Waals surface area contributed by atoms with E-state index in [1.54, 1.807) is 32.9 Å². The number of carbonyl (C=O) groups is 1. The molecule has 2 rings (SSSR count). The third-order valence-electron chi connectivity index (χ3n) is 3.32. The van der Waals surface area contributed by atoms with E-state index in [-0.39, 0.29) is 5.97 Å². The summed E-state index contributed by atoms with van der Waals surface area (Å²) in [4.78, 5) is 11.6. The van der Waals surface area contributed by atoms with Gasteiger partial charge in [0, 0.05) is 0 Å². The first-order valence-electron chi connectivity index (χ1n) is 7.02. The lowest BCUT2D eigenvalue weighted by Gasteiger charge is -2.17. The summed E-state index contributed by atoms with van der Waals surface area (Å²) in [7, 11) is 0. The predicted octanol–water partition coefficient (Wildman–Crippen LogP) is 3.76. The molecule has 0 fully saturated rings. The molecule has 3 nitrogen and oxygen atoms in total. The highest BCUT2D eigenvalue weighted by atomic mass is 16.5. The summed E-state index contributed by atoms with van der Waals surface area (Å²) in [5.41, 5.74) is 2.64. The molecular weight excluding hydrogens is 264 g/mol. The molecule has 0 atom stereocenters. The van der Waals surface area contributed by atoms with Crippen LogP contribution in [0.2, 0.25) is 0 Å². The van der Waals surface area contributed by atoms with E-state index in [4.69, 9.17) is 4.74 Å². The van der Waals surface area contributed by atoms with Gasteiger partial charge in [0.1, 0.15) is 0 Å². The maximum absolute atomic E-state index is 11.6. The SMILES string of the molecule is CCOC(=O)c1ccc(-c2ccc(C(C)(C)O)cc2)cc1. The van der Waals surface area contributed by atoms with Crippen molar-refractivity contribution in [3.8, 4) is 11.1 Å². The van der Waals surface area contributed by atoms with E-state index in [1.807, 2.05) is 36.4 Å². The van der Waals surface area contributed by atoms with Crippen LogP contribution in [0.15, 0.2) is 48.5 Å². The van der Waals surface area contributed by atoms with E-state index in [2.05, 4.69) is 0 Å². The first-order chi connectivity index (χ1) is 9.91. The van der Waals surface area contributed by atoms with Crippen molar-refractivity contribution >= 4 is 5.97 Å². The highest BCUT2D eigenvalue weighted by molar-refractivity contribution is 5.90. The maximum atomic E-state index is 11.6. The Morgan fingerprint density at radius 3 is 1.90 bits per heavy atom. The van der Waals surface area contributed by atoms with Gasteiger partial charge in [-0.2, -0.15) is 0 Å². The van der Waals surface area contributed by atoms with Crippen molar-refractivity contribution in [3.05, 3.63) is 59.7 Å². The highest BCUT2D eigenvalue weighted by Crippen LogP contribution is 2.25. The van der Waals surface area contributed by atoms with Crippen LogP contribution in [-0.4, -0.2) is 17.7 Å². The van der Waals surface area contributed by atoms with E-state index >= 15 is 0 Å². The number of rotatable bonds is 4. The van der Waals surface area contributed by atoms with Gasteiger partial charge < -0.3 is 9.84 Å². The second kappa shape index (κ2) is 6.10. The van der Waals surface area contributed by atoms with Crippen LogP contribution >= 0.6 is 0 Å². The standard InChI is InChI=1S/C18H20O3/c1-4-21-17(19)15-7-5-13(6-8-15)14-9-11-16(12-10-14)18(2,3)20/h5-12,20H,4H2,1-3H3. The largest absolute Gasteiger partial charge is 0.462 e. The van der Waals surface area contributed by atoms with E-state index in [1.165, 1.54) is 0 Å². The Morgan fingerprint density at radius 2 is 1.48 bits per heavy atom. The molecule has 2 aromatic carbocycles. The Morgan fingerprint density at radius 1 is 1.00 bits per heavy atom. The molecule has 21 heavy (non-hydrogen) atoms. The molecule has 0 amide bonds. The fraction of sp³-hybridized carbons (Fsp3) is 0.278. The number of aliphatic hydroxyl groups is 1. The maximum Gasteiger partial charge on any atom is 0.338 e. The van der Waals surface area contributed by atoms with Crippen LogP contribution in [0.5, 0.6) is 0 Å². The van der Waals surface area contributed by atoms with Gasteiger partial charge in [0.05, 0.1) is 17.8 Å². The summed E-state index contributed by atoms with van der Waals surface area (Å²) in [6.45, 7) is 5.68. The number of hydrogen-bond acceptors (Lipinski definition) is 3. The van der Waals surface area contributed by atoms with Crippen LogP contribution < -0.4 is 0 Å². The Labute approximate surface area is 125 Å². The van der Waals surface area contributed by atoms with Gasteiger partial charge in [0.25, 0.3) is 0 Å². The van der Waals surface area contributed by atoms with Crippen molar-refractivity contribution < 1.29 is 14.6 Å². The molecule has 0 spiro atoms. The van der Waals surface area contributed by atoms with Crippen LogP contribution in [0.3, 0.4) is 0 Å². The molecule has 0 saturated heterocycles. The average Bonchev–Trinajstić information content (AvgIpc) is 2.47. The van der Waals surface area contributed by atoms with Crippen molar-refractivity contribution in [2.45, 2.75) is 26.4 Å². The third-order valence-corrected chi connectivity index (χ3v) is 3.32. The first-order valence-corrected chi connectivity index (χ1v) is 7.02. The molecule has 0 unspecified atom stereocenters. The Kier molecular flexibility index (Phi) is 4.43. The van der Waals surface area contributed by atoms with Crippen LogP contribution in [-0.2, 0) is 10.3 Å². The van der Waals surface area contributed by atoms with Crippen LogP contribution in [0, 0.1) is 0 Å². The number of ether oxygens (including phenoxy) is 1. The van der Waals surface area contributed by atoms with Gasteiger partial charge in [0.15, 0.2) is 0 Å². The summed E-state index contributed by atoms with van der Waals surface area (Å²) in [6.07, 6.45) is 0. The lowest BCUT2D eigenvalue weighted by molar-refractivity contribution is 0.0526. The smallest absolute Gasteiger partial charge is 0.338 e. The third kappa shape index (κ3) is 3.70. The summed E-state index contributed by atoms with van der Waals surface area (Å²) < 4.78 is 4.96. The van der Waals surface area contributed by atoms with Crippen molar-refractivity contribution in [2.24, 2.45) is 0 Å². The average molecular weight is 284 g/mol. The molecule has 0 saturated carbocycles. The van der Waals surface area contributed by atoms with Crippen molar-refractivity contribution in [1.29, 1.82) is 0 Å².